The lowest BCUT2D eigenvalue weighted by Gasteiger charge is -2.18. The lowest BCUT2D eigenvalue weighted by atomic mass is 9.87. The van der Waals surface area contributed by atoms with Crippen molar-refractivity contribution in [3.05, 3.63) is 95.2 Å². The number of rotatable bonds is 3. The summed E-state index contributed by atoms with van der Waals surface area (Å²) in [5.74, 6) is -0.595. The van der Waals surface area contributed by atoms with E-state index in [1.807, 2.05) is 55.5 Å². The molecule has 0 radical (unpaired) electrons. The third-order valence-corrected chi connectivity index (χ3v) is 6.17. The molecule has 0 N–H and O–H groups in total. The Morgan fingerprint density at radius 3 is 2.49 bits per heavy atom. The monoisotopic (exact) mass is 465 g/mol. The van der Waals surface area contributed by atoms with Crippen LogP contribution < -0.4 is 4.57 Å². The number of hydrogen-bond acceptors (Lipinski definition) is 1. The van der Waals surface area contributed by atoms with E-state index in [-0.39, 0.29) is 5.56 Å². The molecule has 5 aromatic rings. The van der Waals surface area contributed by atoms with Crippen LogP contribution in [0.5, 0.6) is 0 Å². The van der Waals surface area contributed by atoms with Crippen LogP contribution in [0.3, 0.4) is 0 Å². The van der Waals surface area contributed by atoms with Gasteiger partial charge in [-0.3, -0.25) is 0 Å². The molecule has 0 saturated carbocycles. The zero-order chi connectivity index (χ0) is 26.7. The van der Waals surface area contributed by atoms with Crippen LogP contribution in [0, 0.1) is 24.7 Å². The Morgan fingerprint density at radius 1 is 1.06 bits per heavy atom. The number of fused-ring (bicyclic) bond motifs is 3. The molecule has 0 saturated heterocycles. The van der Waals surface area contributed by atoms with Crippen molar-refractivity contribution < 1.29 is 16.1 Å². The fourth-order valence-corrected chi connectivity index (χ4v) is 4.66. The average molecular weight is 466 g/mol. The van der Waals surface area contributed by atoms with Crippen LogP contribution in [0.2, 0.25) is 0 Å². The molecule has 2 aromatic heterocycles. The Balaban J connectivity index is 1.89. The van der Waals surface area contributed by atoms with E-state index in [1.54, 1.807) is 44.5 Å². The first-order valence-electron chi connectivity index (χ1n) is 12.6. The van der Waals surface area contributed by atoms with E-state index in [1.165, 1.54) is 6.20 Å². The van der Waals surface area contributed by atoms with Crippen molar-refractivity contribution in [3.63, 3.8) is 0 Å². The Hall–Kier alpha value is -3.97. The third-order valence-electron chi connectivity index (χ3n) is 6.17. The van der Waals surface area contributed by atoms with Gasteiger partial charge in [0.2, 0.25) is 17.6 Å². The Kier molecular flexibility index (Phi) is 4.87. The molecule has 35 heavy (non-hydrogen) atoms. The molecule has 0 unspecified atom stereocenters. The highest BCUT2D eigenvalue weighted by molar-refractivity contribution is 6.18. The van der Waals surface area contributed by atoms with Crippen molar-refractivity contribution in [2.24, 2.45) is 12.5 Å². The largest absolute Gasteiger partial charge is 0.466 e. The number of aryl methyl sites for hydroxylation is 2. The summed E-state index contributed by atoms with van der Waals surface area (Å²) in [6.07, 6.45) is -0.581. The van der Waals surface area contributed by atoms with Crippen LogP contribution in [-0.2, 0) is 13.4 Å². The number of benzene rings is 3. The summed E-state index contributed by atoms with van der Waals surface area (Å²) in [4.78, 5) is 3.71. The van der Waals surface area contributed by atoms with Crippen molar-refractivity contribution in [3.8, 4) is 22.4 Å². The van der Waals surface area contributed by atoms with Gasteiger partial charge in [0.25, 0.3) is 0 Å². The molecule has 0 spiro atoms. The normalized spacial score (nSPS) is 13.1. The minimum Gasteiger partial charge on any atom is -0.466 e. The Morgan fingerprint density at radius 2 is 1.80 bits per heavy atom. The molecular formula is C31H28FN2O+. The summed E-state index contributed by atoms with van der Waals surface area (Å²) in [6.45, 7) is 15.0. The molecular weight excluding hydrogens is 435 g/mol. The molecule has 0 bridgehead atoms. The number of hydrogen-bond donors (Lipinski definition) is 0. The molecule has 0 aliphatic rings. The number of nitrogens with zero attached hydrogens (tertiary/aromatic N) is 2. The lowest BCUT2D eigenvalue weighted by Crippen LogP contribution is -2.32. The van der Waals surface area contributed by atoms with E-state index in [0.29, 0.717) is 22.5 Å². The maximum atomic E-state index is 15.2. The minimum atomic E-state index is -1.91. The molecule has 3 aromatic carbocycles. The first kappa shape index (κ1) is 20.4. The molecule has 2 heterocycles. The van der Waals surface area contributed by atoms with Crippen LogP contribution in [0.4, 0.5) is 10.1 Å². The van der Waals surface area contributed by atoms with Gasteiger partial charge in [0.05, 0.1) is 12.1 Å². The average Bonchev–Trinajstić information content (AvgIpc) is 3.23. The second-order valence-electron chi connectivity index (χ2n) is 9.96. The van der Waals surface area contributed by atoms with Crippen molar-refractivity contribution in [2.75, 3.05) is 0 Å². The first-order chi connectivity index (χ1) is 17.5. The summed E-state index contributed by atoms with van der Waals surface area (Å²) in [5.41, 5.74) is 4.97. The molecule has 4 heteroatoms. The van der Waals surface area contributed by atoms with Crippen molar-refractivity contribution in [2.45, 2.75) is 34.1 Å². The minimum absolute atomic E-state index is 0.00689. The molecule has 0 amide bonds. The van der Waals surface area contributed by atoms with Crippen molar-refractivity contribution in [1.29, 1.82) is 0 Å². The maximum absolute atomic E-state index is 15.2. The molecule has 3 nitrogen and oxygen atoms in total. The Bertz CT molecular complexity index is 1720. The Labute approximate surface area is 208 Å². The molecule has 174 valence electrons. The predicted octanol–water partition coefficient (Wildman–Crippen LogP) is 8.33. The molecule has 0 fully saturated rings. The van der Waals surface area contributed by atoms with E-state index in [4.69, 9.17) is 13.7 Å². The van der Waals surface area contributed by atoms with Gasteiger partial charge in [0.15, 0.2) is 5.82 Å². The van der Waals surface area contributed by atoms with E-state index in [2.05, 4.69) is 4.85 Å². The predicted molar refractivity (Wildman–Crippen MR) is 140 cm³/mol. The summed E-state index contributed by atoms with van der Waals surface area (Å²) in [7, 11) is 1.75. The quantitative estimate of drug-likeness (QED) is 0.194. The number of pyridine rings is 1. The standard InChI is InChI=1S/C31H28FN2O/c1-19-12-13-23-28-22(20-10-8-7-9-11-20)14-15-25(33-5)30(28)35-29(23)27(19)26-16-21(17-31(2,3)4)24(32)18-34(26)6/h7-16,18H,17H2,1-4,6H3/q+1/i17D2. The third kappa shape index (κ3) is 3.98. The van der Waals surface area contributed by atoms with Gasteiger partial charge in [-0.15, -0.1) is 0 Å². The van der Waals surface area contributed by atoms with E-state index in [0.717, 1.165) is 33.0 Å². The second kappa shape index (κ2) is 8.36. The fourth-order valence-electron chi connectivity index (χ4n) is 4.66. The SMILES string of the molecule is [2H]C([2H])(c1cc(-c2c(C)ccc3c2oc2c([N+]#[C-])ccc(-c4ccccc4)c23)[n+](C)cc1F)C(C)(C)C. The molecule has 0 atom stereocenters. The van der Waals surface area contributed by atoms with Crippen LogP contribution in [0.1, 0.15) is 34.6 Å². The topological polar surface area (TPSA) is 21.4 Å². The number of aromatic nitrogens is 1. The second-order valence-corrected chi connectivity index (χ2v) is 9.96. The van der Waals surface area contributed by atoms with Gasteiger partial charge in [-0.2, -0.15) is 4.57 Å². The zero-order valence-electron chi connectivity index (χ0n) is 22.5. The number of furan rings is 1. The smallest absolute Gasteiger partial charge is 0.229 e. The van der Waals surface area contributed by atoms with Gasteiger partial charge < -0.3 is 4.42 Å². The lowest BCUT2D eigenvalue weighted by molar-refractivity contribution is -0.662. The summed E-state index contributed by atoms with van der Waals surface area (Å²) in [6, 6.07) is 19.3. The van der Waals surface area contributed by atoms with Crippen LogP contribution in [0.15, 0.2) is 71.3 Å². The van der Waals surface area contributed by atoms with Gasteiger partial charge in [0.1, 0.15) is 18.2 Å². The van der Waals surface area contributed by atoms with E-state index < -0.39 is 17.6 Å². The summed E-state index contributed by atoms with van der Waals surface area (Å²) in [5, 5.41) is 1.70. The van der Waals surface area contributed by atoms with Gasteiger partial charge >= 0.3 is 0 Å². The van der Waals surface area contributed by atoms with Crippen LogP contribution in [-0.4, -0.2) is 0 Å². The van der Waals surface area contributed by atoms with Gasteiger partial charge in [-0.1, -0.05) is 75.4 Å². The van der Waals surface area contributed by atoms with Gasteiger partial charge in [-0.25, -0.2) is 9.24 Å². The molecule has 5 rings (SSSR count). The summed E-state index contributed by atoms with van der Waals surface area (Å²) < 4.78 is 40.8. The fraction of sp³-hybridized carbons (Fsp3) is 0.226. The zero-order valence-corrected chi connectivity index (χ0v) is 20.5. The molecule has 0 aliphatic carbocycles. The maximum Gasteiger partial charge on any atom is 0.229 e. The first-order valence-corrected chi connectivity index (χ1v) is 11.6. The van der Waals surface area contributed by atoms with Gasteiger partial charge in [0, 0.05) is 25.1 Å². The van der Waals surface area contributed by atoms with Gasteiger partial charge in [-0.05, 0) is 35.4 Å². The highest BCUT2D eigenvalue weighted by Gasteiger charge is 2.26. The highest BCUT2D eigenvalue weighted by atomic mass is 19.1. The van der Waals surface area contributed by atoms with E-state index in [9.17, 15) is 0 Å². The molecule has 0 aliphatic heterocycles. The van der Waals surface area contributed by atoms with E-state index >= 15 is 4.39 Å². The highest BCUT2D eigenvalue weighted by Crippen LogP contribution is 2.44. The van der Waals surface area contributed by atoms with Crippen molar-refractivity contribution in [1.82, 2.24) is 0 Å². The number of halogens is 1. The van der Waals surface area contributed by atoms with Crippen LogP contribution >= 0.6 is 0 Å². The van der Waals surface area contributed by atoms with Crippen LogP contribution in [0.25, 0.3) is 49.2 Å². The van der Waals surface area contributed by atoms with Crippen molar-refractivity contribution >= 4 is 27.6 Å². The summed E-state index contributed by atoms with van der Waals surface area (Å²) >= 11 is 0.